The van der Waals surface area contributed by atoms with Gasteiger partial charge in [-0.15, -0.1) is 0 Å². The van der Waals surface area contributed by atoms with Crippen molar-refractivity contribution in [3.8, 4) is 0 Å². The van der Waals surface area contributed by atoms with Crippen molar-refractivity contribution in [2.75, 3.05) is 5.32 Å². The molecule has 0 radical (unpaired) electrons. The van der Waals surface area contributed by atoms with Crippen LogP contribution >= 0.6 is 0 Å². The Labute approximate surface area is 121 Å². The number of piperidine rings is 1. The highest BCUT2D eigenvalue weighted by atomic mass is 16.2. The van der Waals surface area contributed by atoms with Gasteiger partial charge in [-0.1, -0.05) is 6.07 Å². The van der Waals surface area contributed by atoms with Gasteiger partial charge in [-0.25, -0.2) is 4.79 Å². The molecule has 0 saturated carbocycles. The van der Waals surface area contributed by atoms with Crippen molar-refractivity contribution in [3.63, 3.8) is 0 Å². The van der Waals surface area contributed by atoms with Crippen molar-refractivity contribution in [2.24, 2.45) is 0 Å². The highest BCUT2D eigenvalue weighted by Gasteiger charge is 2.29. The molecule has 108 valence electrons. The van der Waals surface area contributed by atoms with Gasteiger partial charge in [0, 0.05) is 17.8 Å². The fraction of sp³-hybridized carbons (Fsp3) is 0.588. The Balaban J connectivity index is 1.72. The second kappa shape index (κ2) is 5.47. The molecule has 1 aliphatic carbocycles. The number of urea groups is 1. The number of likely N-dealkylation sites (tertiary alicyclic amines) is 1. The van der Waals surface area contributed by atoms with E-state index in [1.54, 1.807) is 0 Å². The summed E-state index contributed by atoms with van der Waals surface area (Å²) in [5.41, 5.74) is 3.80. The number of carbonyl (C=O) groups excluding carboxylic acids is 1. The van der Waals surface area contributed by atoms with E-state index in [2.05, 4.69) is 31.3 Å². The Kier molecular flexibility index (Phi) is 3.68. The predicted octanol–water partition coefficient (Wildman–Crippen LogP) is 3.97. The van der Waals surface area contributed by atoms with E-state index in [1.165, 1.54) is 30.4 Å². The number of hydrogen-bond donors (Lipinski definition) is 1. The molecule has 0 aromatic heterocycles. The summed E-state index contributed by atoms with van der Waals surface area (Å²) in [6, 6.07) is 7.10. The Morgan fingerprint density at radius 3 is 2.55 bits per heavy atom. The van der Waals surface area contributed by atoms with Crippen LogP contribution in [0.15, 0.2) is 18.2 Å². The fourth-order valence-electron chi connectivity index (χ4n) is 3.66. The zero-order chi connectivity index (χ0) is 14.1. The molecule has 2 amide bonds. The molecule has 0 spiro atoms. The van der Waals surface area contributed by atoms with E-state index in [4.69, 9.17) is 0 Å². The normalized spacial score (nSPS) is 25.4. The Bertz CT molecular complexity index is 502. The molecule has 3 rings (SSSR count). The third-order valence-electron chi connectivity index (χ3n) is 4.78. The van der Waals surface area contributed by atoms with Gasteiger partial charge in [0.25, 0.3) is 0 Å². The van der Waals surface area contributed by atoms with Gasteiger partial charge in [0.05, 0.1) is 0 Å². The van der Waals surface area contributed by atoms with Gasteiger partial charge in [-0.2, -0.15) is 0 Å². The van der Waals surface area contributed by atoms with Crippen molar-refractivity contribution in [1.29, 1.82) is 0 Å². The average molecular weight is 272 g/mol. The lowest BCUT2D eigenvalue weighted by molar-refractivity contribution is 0.133. The SMILES string of the molecule is C[C@@H]1CCC[C@H](C)N1C(=O)Nc1ccc2c(c1)CCC2. The highest BCUT2D eigenvalue weighted by molar-refractivity contribution is 5.90. The first-order chi connectivity index (χ1) is 9.65. The van der Waals surface area contributed by atoms with E-state index in [9.17, 15) is 4.79 Å². The molecule has 3 nitrogen and oxygen atoms in total. The Morgan fingerprint density at radius 2 is 1.80 bits per heavy atom. The Morgan fingerprint density at radius 1 is 1.10 bits per heavy atom. The van der Waals surface area contributed by atoms with E-state index in [0.29, 0.717) is 12.1 Å². The standard InChI is InChI=1S/C17H24N2O/c1-12-5-3-6-13(2)19(12)17(20)18-16-10-9-14-7-4-8-15(14)11-16/h9-13H,3-8H2,1-2H3,(H,18,20)/t12-,13+. The van der Waals surface area contributed by atoms with Crippen LogP contribution < -0.4 is 5.32 Å². The minimum atomic E-state index is 0.0580. The number of amides is 2. The number of fused-ring (bicyclic) bond motifs is 1. The van der Waals surface area contributed by atoms with Gasteiger partial charge >= 0.3 is 6.03 Å². The molecule has 2 atom stereocenters. The van der Waals surface area contributed by atoms with Gasteiger partial charge in [-0.05, 0) is 75.6 Å². The van der Waals surface area contributed by atoms with Crippen molar-refractivity contribution in [2.45, 2.75) is 64.5 Å². The maximum Gasteiger partial charge on any atom is 0.322 e. The van der Waals surface area contributed by atoms with Gasteiger partial charge in [0.15, 0.2) is 0 Å². The molecule has 1 fully saturated rings. The van der Waals surface area contributed by atoms with Gasteiger partial charge in [-0.3, -0.25) is 0 Å². The van der Waals surface area contributed by atoms with Crippen LogP contribution in [0.2, 0.25) is 0 Å². The van der Waals surface area contributed by atoms with Gasteiger partial charge in [0.2, 0.25) is 0 Å². The van der Waals surface area contributed by atoms with E-state index in [1.807, 2.05) is 11.0 Å². The summed E-state index contributed by atoms with van der Waals surface area (Å²) in [4.78, 5) is 14.5. The fourth-order valence-corrected chi connectivity index (χ4v) is 3.66. The van der Waals surface area contributed by atoms with Crippen LogP contribution in [0.3, 0.4) is 0 Å². The summed E-state index contributed by atoms with van der Waals surface area (Å²) in [5.74, 6) is 0. The molecular weight excluding hydrogens is 248 g/mol. The molecule has 0 bridgehead atoms. The molecule has 1 heterocycles. The zero-order valence-corrected chi connectivity index (χ0v) is 12.5. The van der Waals surface area contributed by atoms with Crippen molar-refractivity contribution >= 4 is 11.7 Å². The molecule has 1 aromatic carbocycles. The van der Waals surface area contributed by atoms with Crippen LogP contribution in [-0.2, 0) is 12.8 Å². The van der Waals surface area contributed by atoms with Crippen LogP contribution in [-0.4, -0.2) is 23.0 Å². The molecule has 20 heavy (non-hydrogen) atoms. The number of nitrogens with zero attached hydrogens (tertiary/aromatic N) is 1. The van der Waals surface area contributed by atoms with Crippen LogP contribution in [0.1, 0.15) is 50.7 Å². The van der Waals surface area contributed by atoms with Crippen LogP contribution in [0.5, 0.6) is 0 Å². The summed E-state index contributed by atoms with van der Waals surface area (Å²) in [7, 11) is 0. The minimum absolute atomic E-state index is 0.0580. The smallest absolute Gasteiger partial charge is 0.319 e. The van der Waals surface area contributed by atoms with Gasteiger partial charge < -0.3 is 10.2 Å². The van der Waals surface area contributed by atoms with E-state index in [-0.39, 0.29) is 6.03 Å². The summed E-state index contributed by atoms with van der Waals surface area (Å²) in [6.45, 7) is 4.30. The quantitative estimate of drug-likeness (QED) is 0.824. The molecule has 1 aliphatic heterocycles. The number of aryl methyl sites for hydroxylation is 2. The van der Waals surface area contributed by atoms with Crippen LogP contribution in [0.25, 0.3) is 0 Å². The second-order valence-corrected chi connectivity index (χ2v) is 6.30. The molecular formula is C17H24N2O. The molecule has 3 heteroatoms. The average Bonchev–Trinajstić information content (AvgIpc) is 2.85. The van der Waals surface area contributed by atoms with E-state index in [0.717, 1.165) is 24.9 Å². The summed E-state index contributed by atoms with van der Waals surface area (Å²) in [5, 5.41) is 3.09. The second-order valence-electron chi connectivity index (χ2n) is 6.30. The van der Waals surface area contributed by atoms with E-state index >= 15 is 0 Å². The molecule has 1 saturated heterocycles. The maximum atomic E-state index is 12.5. The van der Waals surface area contributed by atoms with Crippen LogP contribution in [0, 0.1) is 0 Å². The maximum absolute atomic E-state index is 12.5. The summed E-state index contributed by atoms with van der Waals surface area (Å²) in [6.07, 6.45) is 7.03. The number of anilines is 1. The lowest BCUT2D eigenvalue weighted by Crippen LogP contribution is -2.49. The Hall–Kier alpha value is -1.51. The van der Waals surface area contributed by atoms with Crippen molar-refractivity contribution < 1.29 is 4.79 Å². The monoisotopic (exact) mass is 272 g/mol. The number of benzene rings is 1. The predicted molar refractivity (Wildman–Crippen MR) is 82.1 cm³/mol. The number of nitrogens with one attached hydrogen (secondary N) is 1. The summed E-state index contributed by atoms with van der Waals surface area (Å²) >= 11 is 0. The molecule has 1 N–H and O–H groups in total. The highest BCUT2D eigenvalue weighted by Crippen LogP contribution is 2.27. The van der Waals surface area contributed by atoms with E-state index < -0.39 is 0 Å². The zero-order valence-electron chi connectivity index (χ0n) is 12.5. The number of rotatable bonds is 1. The summed E-state index contributed by atoms with van der Waals surface area (Å²) < 4.78 is 0. The third kappa shape index (κ3) is 2.54. The minimum Gasteiger partial charge on any atom is -0.319 e. The number of hydrogen-bond acceptors (Lipinski definition) is 1. The lowest BCUT2D eigenvalue weighted by atomic mass is 9.98. The van der Waals surface area contributed by atoms with Crippen LogP contribution in [0.4, 0.5) is 10.5 Å². The lowest BCUT2D eigenvalue weighted by Gasteiger charge is -2.38. The molecule has 0 unspecified atom stereocenters. The topological polar surface area (TPSA) is 32.3 Å². The van der Waals surface area contributed by atoms with Gasteiger partial charge in [0.1, 0.15) is 0 Å². The first-order valence-corrected chi connectivity index (χ1v) is 7.86. The largest absolute Gasteiger partial charge is 0.322 e. The first kappa shape index (κ1) is 13.5. The molecule has 2 aliphatic rings. The van der Waals surface area contributed by atoms with Crippen molar-refractivity contribution in [3.05, 3.63) is 29.3 Å². The first-order valence-electron chi connectivity index (χ1n) is 7.86. The number of carbonyl (C=O) groups is 1. The molecule has 1 aromatic rings. The van der Waals surface area contributed by atoms with Crippen molar-refractivity contribution in [1.82, 2.24) is 4.90 Å². The third-order valence-corrected chi connectivity index (χ3v) is 4.78.